The third-order valence-electron chi connectivity index (χ3n) is 4.91. The van der Waals surface area contributed by atoms with E-state index in [-0.39, 0.29) is 18.4 Å². The molecule has 0 aromatic heterocycles. The molecule has 0 radical (unpaired) electrons. The van der Waals surface area contributed by atoms with Gasteiger partial charge in [-0.05, 0) is 44.5 Å². The highest BCUT2D eigenvalue weighted by atomic mass is 16.5. The van der Waals surface area contributed by atoms with Crippen LogP contribution in [0, 0.1) is 0 Å². The van der Waals surface area contributed by atoms with Crippen molar-refractivity contribution in [2.45, 2.75) is 24.8 Å². The summed E-state index contributed by atoms with van der Waals surface area (Å²) in [5, 5.41) is 2.83. The Morgan fingerprint density at radius 3 is 2.64 bits per heavy atom. The molecule has 2 rings (SSSR count). The maximum absolute atomic E-state index is 13.3. The number of likely N-dealkylation sites (N-methyl/N-ethyl adjacent to an activating group) is 2. The lowest BCUT2D eigenvalue weighted by molar-refractivity contribution is -0.145. The molecule has 6 heteroatoms. The Balaban J connectivity index is 2.08. The van der Waals surface area contributed by atoms with E-state index in [2.05, 4.69) is 11.4 Å². The van der Waals surface area contributed by atoms with Crippen LogP contribution in [0.4, 0.5) is 0 Å². The summed E-state index contributed by atoms with van der Waals surface area (Å²) in [6, 6.07) is 8.08. The maximum Gasteiger partial charge on any atom is 0.247 e. The molecule has 138 valence electrons. The van der Waals surface area contributed by atoms with Crippen molar-refractivity contribution in [1.82, 2.24) is 15.1 Å². The molecular weight excluding hydrogens is 318 g/mol. The first kappa shape index (κ1) is 19.4. The number of nitrogens with zero attached hydrogens (tertiary/aromatic N) is 2. The smallest absolute Gasteiger partial charge is 0.247 e. The molecule has 25 heavy (non-hydrogen) atoms. The Hall–Kier alpha value is -1.92. The highest BCUT2D eigenvalue weighted by Crippen LogP contribution is 2.41. The van der Waals surface area contributed by atoms with E-state index in [1.54, 1.807) is 14.2 Å². The van der Waals surface area contributed by atoms with Gasteiger partial charge in [-0.1, -0.05) is 24.3 Å². The third-order valence-corrected chi connectivity index (χ3v) is 4.91. The molecule has 0 saturated carbocycles. The first-order valence-electron chi connectivity index (χ1n) is 8.70. The van der Waals surface area contributed by atoms with Gasteiger partial charge in [0.2, 0.25) is 11.8 Å². The second-order valence-electron chi connectivity index (χ2n) is 6.77. The van der Waals surface area contributed by atoms with Gasteiger partial charge < -0.3 is 15.0 Å². The summed E-state index contributed by atoms with van der Waals surface area (Å²) in [5.41, 5.74) is 1.57. The molecule has 0 bridgehead atoms. The van der Waals surface area contributed by atoms with Gasteiger partial charge in [0.1, 0.15) is 5.54 Å². The van der Waals surface area contributed by atoms with Gasteiger partial charge >= 0.3 is 0 Å². The van der Waals surface area contributed by atoms with E-state index in [0.717, 1.165) is 24.8 Å². The van der Waals surface area contributed by atoms with Gasteiger partial charge in [-0.3, -0.25) is 14.5 Å². The number of rotatable bonds is 8. The summed E-state index contributed by atoms with van der Waals surface area (Å²) in [7, 11) is 7.19. The number of fused-ring (bicyclic) bond motifs is 1. The lowest BCUT2D eigenvalue weighted by Crippen LogP contribution is -2.54. The Bertz CT molecular complexity index is 618. The van der Waals surface area contributed by atoms with Gasteiger partial charge in [0.25, 0.3) is 0 Å². The summed E-state index contributed by atoms with van der Waals surface area (Å²) in [5.74, 6) is -0.179. The fourth-order valence-electron chi connectivity index (χ4n) is 3.57. The summed E-state index contributed by atoms with van der Waals surface area (Å²) < 4.78 is 4.96. The molecule has 2 amide bonds. The van der Waals surface area contributed by atoms with Crippen LogP contribution in [-0.4, -0.2) is 69.6 Å². The minimum absolute atomic E-state index is 0.0329. The van der Waals surface area contributed by atoms with Crippen LogP contribution < -0.4 is 5.32 Å². The highest BCUT2D eigenvalue weighted by molar-refractivity contribution is 5.92. The summed E-state index contributed by atoms with van der Waals surface area (Å²) in [6.45, 7) is 1.22. The van der Waals surface area contributed by atoms with E-state index in [4.69, 9.17) is 4.74 Å². The second-order valence-corrected chi connectivity index (χ2v) is 6.77. The standard InChI is InChI=1S/C19H29N3O3/c1-21(2)19(11-10-15-8-5-6-9-16(15)19)18(24)22(3)14-17(23)20-12-7-13-25-4/h5-6,8-9H,7,10-14H2,1-4H3,(H,20,23)/t19-/m1/s1. The Morgan fingerprint density at radius 1 is 1.24 bits per heavy atom. The van der Waals surface area contributed by atoms with E-state index >= 15 is 0 Å². The molecule has 1 aromatic rings. The van der Waals surface area contributed by atoms with Gasteiger partial charge in [-0.15, -0.1) is 0 Å². The fraction of sp³-hybridized carbons (Fsp3) is 0.579. The number of benzene rings is 1. The average Bonchev–Trinajstić information content (AvgIpc) is 2.98. The van der Waals surface area contributed by atoms with Gasteiger partial charge in [0, 0.05) is 27.3 Å². The molecule has 1 atom stereocenters. The number of carbonyl (C=O) groups excluding carboxylic acids is 2. The van der Waals surface area contributed by atoms with Crippen LogP contribution in [0.1, 0.15) is 24.0 Å². The number of ether oxygens (including phenoxy) is 1. The maximum atomic E-state index is 13.3. The molecule has 0 heterocycles. The molecule has 1 aliphatic rings. The minimum atomic E-state index is -0.693. The SMILES string of the molecule is COCCCNC(=O)CN(C)C(=O)[C@@]1(N(C)C)CCc2ccccc21. The summed E-state index contributed by atoms with van der Waals surface area (Å²) >= 11 is 0. The van der Waals surface area contributed by atoms with Crippen LogP contribution in [-0.2, 0) is 26.3 Å². The summed E-state index contributed by atoms with van der Waals surface area (Å²) in [4.78, 5) is 28.9. The monoisotopic (exact) mass is 347 g/mol. The van der Waals surface area contributed by atoms with Crippen molar-refractivity contribution in [3.63, 3.8) is 0 Å². The zero-order chi connectivity index (χ0) is 18.4. The lowest BCUT2D eigenvalue weighted by Gasteiger charge is -2.38. The van der Waals surface area contributed by atoms with Crippen LogP contribution in [0.2, 0.25) is 0 Å². The van der Waals surface area contributed by atoms with Gasteiger partial charge in [-0.25, -0.2) is 0 Å². The topological polar surface area (TPSA) is 61.9 Å². The van der Waals surface area contributed by atoms with Crippen molar-refractivity contribution in [2.24, 2.45) is 0 Å². The summed E-state index contributed by atoms with van der Waals surface area (Å²) in [6.07, 6.45) is 2.37. The lowest BCUT2D eigenvalue weighted by atomic mass is 9.88. The largest absolute Gasteiger partial charge is 0.385 e. The number of hydrogen-bond acceptors (Lipinski definition) is 4. The predicted octanol–water partition coefficient (Wildman–Crippen LogP) is 1.00. The minimum Gasteiger partial charge on any atom is -0.385 e. The van der Waals surface area contributed by atoms with Crippen molar-refractivity contribution in [3.05, 3.63) is 35.4 Å². The average molecular weight is 347 g/mol. The van der Waals surface area contributed by atoms with E-state index in [1.165, 1.54) is 10.5 Å². The molecule has 1 aromatic carbocycles. The van der Waals surface area contributed by atoms with E-state index in [1.807, 2.05) is 37.2 Å². The van der Waals surface area contributed by atoms with Crippen molar-refractivity contribution < 1.29 is 14.3 Å². The number of carbonyl (C=O) groups is 2. The molecule has 0 saturated heterocycles. The number of nitrogens with one attached hydrogen (secondary N) is 1. The second kappa shape index (κ2) is 8.45. The van der Waals surface area contributed by atoms with E-state index in [9.17, 15) is 9.59 Å². The molecular formula is C19H29N3O3. The van der Waals surface area contributed by atoms with E-state index < -0.39 is 5.54 Å². The van der Waals surface area contributed by atoms with Gasteiger partial charge in [0.15, 0.2) is 0 Å². The highest BCUT2D eigenvalue weighted by Gasteiger charge is 2.48. The molecule has 0 spiro atoms. The van der Waals surface area contributed by atoms with Crippen LogP contribution >= 0.6 is 0 Å². The van der Waals surface area contributed by atoms with Gasteiger partial charge in [-0.2, -0.15) is 0 Å². The van der Waals surface area contributed by atoms with Crippen molar-refractivity contribution in [3.8, 4) is 0 Å². The number of hydrogen-bond donors (Lipinski definition) is 1. The van der Waals surface area contributed by atoms with Gasteiger partial charge in [0.05, 0.1) is 6.54 Å². The van der Waals surface area contributed by atoms with Crippen molar-refractivity contribution in [2.75, 3.05) is 47.9 Å². The van der Waals surface area contributed by atoms with Crippen molar-refractivity contribution >= 4 is 11.8 Å². The first-order chi connectivity index (χ1) is 11.9. The van der Waals surface area contributed by atoms with Crippen LogP contribution in [0.5, 0.6) is 0 Å². The predicted molar refractivity (Wildman–Crippen MR) is 97.3 cm³/mol. The molecule has 1 N–H and O–H groups in total. The molecule has 0 aliphatic heterocycles. The van der Waals surface area contributed by atoms with Crippen molar-refractivity contribution in [1.29, 1.82) is 0 Å². The number of amides is 2. The van der Waals surface area contributed by atoms with Crippen LogP contribution in [0.25, 0.3) is 0 Å². The molecule has 0 fully saturated rings. The quantitative estimate of drug-likeness (QED) is 0.713. The fourth-order valence-corrected chi connectivity index (χ4v) is 3.57. The third kappa shape index (κ3) is 4.02. The zero-order valence-corrected chi connectivity index (χ0v) is 15.7. The normalized spacial score (nSPS) is 18.9. The first-order valence-corrected chi connectivity index (χ1v) is 8.70. The number of methoxy groups -OCH3 is 1. The molecule has 6 nitrogen and oxygen atoms in total. The number of aryl methyl sites for hydroxylation is 1. The van der Waals surface area contributed by atoms with Crippen LogP contribution in [0.3, 0.4) is 0 Å². The zero-order valence-electron chi connectivity index (χ0n) is 15.7. The Kier molecular flexibility index (Phi) is 6.56. The van der Waals surface area contributed by atoms with Crippen LogP contribution in [0.15, 0.2) is 24.3 Å². The molecule has 1 aliphatic carbocycles. The molecule has 0 unspecified atom stereocenters. The van der Waals surface area contributed by atoms with E-state index in [0.29, 0.717) is 13.2 Å². The Labute approximate surface area is 150 Å². The Morgan fingerprint density at radius 2 is 1.96 bits per heavy atom.